The fourth-order valence-electron chi connectivity index (χ4n) is 3.56. The average Bonchev–Trinajstić information content (AvgIpc) is 2.85. The number of carbonyl (C=O) groups is 1. The Morgan fingerprint density at radius 3 is 2.19 bits per heavy atom. The Morgan fingerprint density at radius 1 is 1.05 bits per heavy atom. The minimum atomic E-state index is -3.73. The molecule has 7 nitrogen and oxygen atoms in total. The van der Waals surface area contributed by atoms with Crippen LogP contribution in [0, 0.1) is 11.3 Å². The van der Waals surface area contributed by atoms with Crippen molar-refractivity contribution in [2.75, 3.05) is 13.1 Å². The third-order valence-electron chi connectivity index (χ3n) is 5.48. The molecule has 0 fully saturated rings. The lowest BCUT2D eigenvalue weighted by atomic mass is 10.1. The van der Waals surface area contributed by atoms with Crippen LogP contribution in [0.3, 0.4) is 0 Å². The maximum absolute atomic E-state index is 12.9. The molecule has 0 saturated carbocycles. The zero-order valence-corrected chi connectivity index (χ0v) is 22.5. The summed E-state index contributed by atoms with van der Waals surface area (Å²) in [5.41, 5.74) is 1.06. The minimum absolute atomic E-state index is 0.000408. The Morgan fingerprint density at radius 2 is 1.65 bits per heavy atom. The standard InChI is InChI=1S/C28H29ClN2O5S/c1-28(2,3)36-27(33)31(19-26(32)22-5-4-6-23(29)17-22)16-15-20-7-11-24(12-8-20)37(34,35)25-13-9-21(18-30)10-14-25/h4-14,17,26,32H,15-16,19H2,1-3H3/t26-/m1/s1. The van der Waals surface area contributed by atoms with Crippen molar-refractivity contribution in [1.29, 1.82) is 5.26 Å². The normalized spacial score (nSPS) is 12.4. The molecule has 0 aliphatic carbocycles. The molecule has 0 unspecified atom stereocenters. The van der Waals surface area contributed by atoms with E-state index in [-0.39, 0.29) is 22.9 Å². The van der Waals surface area contributed by atoms with E-state index < -0.39 is 27.6 Å². The number of amides is 1. The van der Waals surface area contributed by atoms with Gasteiger partial charge in [0.1, 0.15) is 5.60 Å². The van der Waals surface area contributed by atoms with Gasteiger partial charge in [-0.1, -0.05) is 35.9 Å². The molecule has 3 rings (SSSR count). The van der Waals surface area contributed by atoms with Crippen LogP contribution >= 0.6 is 11.6 Å². The Balaban J connectivity index is 1.74. The number of aliphatic hydroxyl groups excluding tert-OH is 1. The Labute approximate surface area is 222 Å². The van der Waals surface area contributed by atoms with Gasteiger partial charge in [-0.3, -0.25) is 0 Å². The SMILES string of the molecule is CC(C)(C)OC(=O)N(CCc1ccc(S(=O)(=O)c2ccc(C#N)cc2)cc1)C[C@@H](O)c1cccc(Cl)c1. The van der Waals surface area contributed by atoms with Crippen LogP contribution < -0.4 is 0 Å². The number of ether oxygens (including phenoxy) is 1. The highest BCUT2D eigenvalue weighted by Crippen LogP contribution is 2.23. The summed E-state index contributed by atoms with van der Waals surface area (Å²) in [6.45, 7) is 5.55. The molecule has 0 bridgehead atoms. The van der Waals surface area contributed by atoms with Gasteiger partial charge >= 0.3 is 6.09 Å². The molecule has 0 radical (unpaired) electrons. The van der Waals surface area contributed by atoms with Crippen molar-refractivity contribution >= 4 is 27.5 Å². The Hall–Kier alpha value is -3.38. The molecule has 0 saturated heterocycles. The van der Waals surface area contributed by atoms with Crippen molar-refractivity contribution in [3.8, 4) is 6.07 Å². The second-order valence-corrected chi connectivity index (χ2v) is 11.9. The summed E-state index contributed by atoms with van der Waals surface area (Å²) in [5.74, 6) is 0. The van der Waals surface area contributed by atoms with E-state index in [4.69, 9.17) is 21.6 Å². The average molecular weight is 541 g/mol. The van der Waals surface area contributed by atoms with Gasteiger partial charge in [0, 0.05) is 11.6 Å². The van der Waals surface area contributed by atoms with E-state index >= 15 is 0 Å². The van der Waals surface area contributed by atoms with Crippen LogP contribution in [0.2, 0.25) is 5.02 Å². The Kier molecular flexibility index (Phi) is 8.98. The van der Waals surface area contributed by atoms with Crippen molar-refractivity contribution in [1.82, 2.24) is 4.90 Å². The fraction of sp³-hybridized carbons (Fsp3) is 0.286. The summed E-state index contributed by atoms with van der Waals surface area (Å²) in [6.07, 6.45) is -1.11. The summed E-state index contributed by atoms with van der Waals surface area (Å²) in [4.78, 5) is 14.5. The van der Waals surface area contributed by atoms with Gasteiger partial charge in [0.15, 0.2) is 0 Å². The number of nitriles is 1. The van der Waals surface area contributed by atoms with Crippen molar-refractivity contribution in [2.24, 2.45) is 0 Å². The number of carbonyl (C=O) groups excluding carboxylic acids is 1. The number of sulfone groups is 1. The summed E-state index contributed by atoms with van der Waals surface area (Å²) >= 11 is 6.04. The lowest BCUT2D eigenvalue weighted by Crippen LogP contribution is -2.40. The highest BCUT2D eigenvalue weighted by Gasteiger charge is 2.25. The molecule has 0 aromatic heterocycles. The fourth-order valence-corrected chi connectivity index (χ4v) is 5.02. The van der Waals surface area contributed by atoms with E-state index in [0.29, 0.717) is 22.6 Å². The molecule has 1 atom stereocenters. The van der Waals surface area contributed by atoms with Crippen LogP contribution in [0.1, 0.15) is 43.6 Å². The molecule has 194 valence electrons. The third kappa shape index (κ3) is 7.80. The van der Waals surface area contributed by atoms with E-state index in [0.717, 1.165) is 5.56 Å². The number of benzene rings is 3. The highest BCUT2D eigenvalue weighted by molar-refractivity contribution is 7.91. The summed E-state index contributed by atoms with van der Waals surface area (Å²) in [7, 11) is -3.73. The van der Waals surface area contributed by atoms with Crippen LogP contribution in [0.25, 0.3) is 0 Å². The van der Waals surface area contributed by atoms with Crippen LogP contribution in [-0.4, -0.2) is 43.2 Å². The van der Waals surface area contributed by atoms with Crippen LogP contribution in [0.5, 0.6) is 0 Å². The molecule has 37 heavy (non-hydrogen) atoms. The first kappa shape index (κ1) is 28.2. The van der Waals surface area contributed by atoms with E-state index in [1.807, 2.05) is 6.07 Å². The predicted molar refractivity (Wildman–Crippen MR) is 141 cm³/mol. The van der Waals surface area contributed by atoms with Gasteiger partial charge in [-0.25, -0.2) is 13.2 Å². The molecule has 9 heteroatoms. The predicted octanol–water partition coefficient (Wildman–Crippen LogP) is 5.56. The zero-order chi connectivity index (χ0) is 27.2. The number of hydrogen-bond acceptors (Lipinski definition) is 6. The van der Waals surface area contributed by atoms with Gasteiger partial charge in [-0.2, -0.15) is 5.26 Å². The van der Waals surface area contributed by atoms with E-state index in [1.165, 1.54) is 41.3 Å². The van der Waals surface area contributed by atoms with E-state index in [2.05, 4.69) is 0 Å². The van der Waals surface area contributed by atoms with Gasteiger partial charge in [-0.05, 0) is 86.8 Å². The molecular formula is C28H29ClN2O5S. The van der Waals surface area contributed by atoms with Crippen LogP contribution in [0.15, 0.2) is 82.6 Å². The minimum Gasteiger partial charge on any atom is -0.444 e. The number of halogens is 1. The highest BCUT2D eigenvalue weighted by atomic mass is 35.5. The second-order valence-electron chi connectivity index (χ2n) is 9.53. The maximum Gasteiger partial charge on any atom is 0.410 e. The molecule has 0 heterocycles. The van der Waals surface area contributed by atoms with Gasteiger partial charge in [0.2, 0.25) is 9.84 Å². The summed E-state index contributed by atoms with van der Waals surface area (Å²) < 4.78 is 31.4. The molecule has 3 aromatic rings. The first-order valence-electron chi connectivity index (χ1n) is 11.6. The van der Waals surface area contributed by atoms with Gasteiger partial charge in [0.05, 0.1) is 34.1 Å². The van der Waals surface area contributed by atoms with Crippen molar-refractivity contribution in [3.63, 3.8) is 0 Å². The van der Waals surface area contributed by atoms with Gasteiger partial charge in [-0.15, -0.1) is 0 Å². The summed E-state index contributed by atoms with van der Waals surface area (Å²) in [6, 6.07) is 20.9. The van der Waals surface area contributed by atoms with Gasteiger partial charge in [0.25, 0.3) is 0 Å². The second kappa shape index (κ2) is 11.8. The first-order chi connectivity index (χ1) is 17.4. The number of rotatable bonds is 8. The quantitative estimate of drug-likeness (QED) is 0.401. The maximum atomic E-state index is 12.9. The molecule has 0 spiro atoms. The van der Waals surface area contributed by atoms with Gasteiger partial charge < -0.3 is 14.7 Å². The molecule has 0 aliphatic rings. The molecule has 1 amide bonds. The first-order valence-corrected chi connectivity index (χ1v) is 13.5. The molecule has 0 aliphatic heterocycles. The van der Waals surface area contributed by atoms with Crippen LogP contribution in [0.4, 0.5) is 4.79 Å². The van der Waals surface area contributed by atoms with Crippen LogP contribution in [-0.2, 0) is 21.0 Å². The number of hydrogen-bond donors (Lipinski definition) is 1. The van der Waals surface area contributed by atoms with Crippen molar-refractivity contribution in [3.05, 3.63) is 94.5 Å². The molecule has 3 aromatic carbocycles. The third-order valence-corrected chi connectivity index (χ3v) is 7.50. The summed E-state index contributed by atoms with van der Waals surface area (Å²) in [5, 5.41) is 20.1. The van der Waals surface area contributed by atoms with Crippen molar-refractivity contribution < 1.29 is 23.1 Å². The van der Waals surface area contributed by atoms with Crippen molar-refractivity contribution in [2.45, 2.75) is 48.7 Å². The van der Waals surface area contributed by atoms with E-state index in [9.17, 15) is 18.3 Å². The monoisotopic (exact) mass is 540 g/mol. The molecule has 1 N–H and O–H groups in total. The smallest absolute Gasteiger partial charge is 0.410 e. The molecular weight excluding hydrogens is 512 g/mol. The van der Waals surface area contributed by atoms with E-state index in [1.54, 1.807) is 57.2 Å². The topological polar surface area (TPSA) is 108 Å². The number of nitrogens with zero attached hydrogens (tertiary/aromatic N) is 2. The number of aliphatic hydroxyl groups is 1. The lowest BCUT2D eigenvalue weighted by molar-refractivity contribution is 0.0147. The Bertz CT molecular complexity index is 1380. The largest absolute Gasteiger partial charge is 0.444 e. The zero-order valence-electron chi connectivity index (χ0n) is 20.9. The lowest BCUT2D eigenvalue weighted by Gasteiger charge is -2.29.